The highest BCUT2D eigenvalue weighted by atomic mass is 79.9. The first-order valence-corrected chi connectivity index (χ1v) is 12.5. The van der Waals surface area contributed by atoms with Crippen LogP contribution in [0.3, 0.4) is 0 Å². The zero-order valence-corrected chi connectivity index (χ0v) is 21.2. The number of hydrogen-bond acceptors (Lipinski definition) is 4. The molecule has 172 valence electrons. The maximum Gasteiger partial charge on any atom is 0.253 e. The van der Waals surface area contributed by atoms with E-state index in [-0.39, 0.29) is 5.91 Å². The van der Waals surface area contributed by atoms with E-state index in [0.29, 0.717) is 6.54 Å². The third kappa shape index (κ3) is 5.61. The monoisotopic (exact) mass is 506 g/mol. The average molecular weight is 507 g/mol. The first-order chi connectivity index (χ1) is 15.9. The van der Waals surface area contributed by atoms with Crippen molar-refractivity contribution in [3.8, 4) is 0 Å². The van der Waals surface area contributed by atoms with E-state index in [2.05, 4.69) is 58.9 Å². The molecule has 2 aromatic carbocycles. The Labute approximate surface area is 205 Å². The van der Waals surface area contributed by atoms with E-state index in [0.717, 1.165) is 66.3 Å². The largest absolute Gasteiger partial charge is 0.354 e. The van der Waals surface area contributed by atoms with Gasteiger partial charge in [-0.2, -0.15) is 0 Å². The molecule has 0 saturated carbocycles. The first-order valence-electron chi connectivity index (χ1n) is 11.7. The van der Waals surface area contributed by atoms with E-state index >= 15 is 0 Å². The summed E-state index contributed by atoms with van der Waals surface area (Å²) >= 11 is 3.44. The van der Waals surface area contributed by atoms with Crippen LogP contribution in [0.25, 0.3) is 0 Å². The summed E-state index contributed by atoms with van der Waals surface area (Å²) in [5.41, 5.74) is 5.59. The maximum atomic E-state index is 13.1. The van der Waals surface area contributed by atoms with Crippen molar-refractivity contribution in [2.24, 2.45) is 0 Å². The average Bonchev–Trinajstić information content (AvgIpc) is 3.07. The van der Waals surface area contributed by atoms with Crippen molar-refractivity contribution in [2.45, 2.75) is 40.0 Å². The van der Waals surface area contributed by atoms with E-state index in [4.69, 9.17) is 9.97 Å². The third-order valence-electron chi connectivity index (χ3n) is 6.19. The van der Waals surface area contributed by atoms with Gasteiger partial charge in [-0.25, -0.2) is 9.97 Å². The minimum absolute atomic E-state index is 0.0948. The second-order valence-electron chi connectivity index (χ2n) is 8.68. The van der Waals surface area contributed by atoms with Crippen LogP contribution in [0.2, 0.25) is 0 Å². The van der Waals surface area contributed by atoms with Crippen LogP contribution in [0.5, 0.6) is 0 Å². The Morgan fingerprint density at radius 3 is 2.36 bits per heavy atom. The Balaban J connectivity index is 1.58. The maximum absolute atomic E-state index is 13.1. The van der Waals surface area contributed by atoms with Gasteiger partial charge in [-0.05, 0) is 56.5 Å². The molecule has 1 amide bonds. The van der Waals surface area contributed by atoms with Crippen LogP contribution in [0.15, 0.2) is 53.0 Å². The lowest BCUT2D eigenvalue weighted by Crippen LogP contribution is -2.35. The Morgan fingerprint density at radius 2 is 1.67 bits per heavy atom. The molecule has 4 rings (SSSR count). The smallest absolute Gasteiger partial charge is 0.253 e. The number of benzene rings is 2. The quantitative estimate of drug-likeness (QED) is 0.467. The standard InChI is InChI=1S/C27H31BrN4O/c1-4-25-24(18-21-8-6-19(2)7-9-21)26(30-20(3)29-25)31-14-5-15-32(17-16-31)27(33)22-10-12-23(28)13-11-22/h6-13H,4-5,14-18H2,1-3H3. The first kappa shape index (κ1) is 23.4. The normalized spacial score (nSPS) is 14.3. The molecule has 1 saturated heterocycles. The minimum atomic E-state index is 0.0948. The van der Waals surface area contributed by atoms with Gasteiger partial charge in [0.2, 0.25) is 0 Å². The van der Waals surface area contributed by atoms with Gasteiger partial charge in [0.15, 0.2) is 0 Å². The molecule has 0 bridgehead atoms. The summed E-state index contributed by atoms with van der Waals surface area (Å²) in [6.45, 7) is 9.32. The number of carbonyl (C=O) groups is 1. The second-order valence-corrected chi connectivity index (χ2v) is 9.59. The van der Waals surface area contributed by atoms with Crippen molar-refractivity contribution in [3.05, 3.63) is 86.8 Å². The molecule has 1 aliphatic heterocycles. The lowest BCUT2D eigenvalue weighted by Gasteiger charge is -2.26. The van der Waals surface area contributed by atoms with Gasteiger partial charge < -0.3 is 9.80 Å². The van der Waals surface area contributed by atoms with E-state index < -0.39 is 0 Å². The molecule has 1 fully saturated rings. The number of aromatic nitrogens is 2. The summed E-state index contributed by atoms with van der Waals surface area (Å²) in [6.07, 6.45) is 2.60. The van der Waals surface area contributed by atoms with Crippen molar-refractivity contribution >= 4 is 27.7 Å². The molecule has 5 nitrogen and oxygen atoms in total. The third-order valence-corrected chi connectivity index (χ3v) is 6.72. The lowest BCUT2D eigenvalue weighted by molar-refractivity contribution is 0.0767. The number of aryl methyl sites for hydroxylation is 3. The molecule has 0 unspecified atom stereocenters. The van der Waals surface area contributed by atoms with Crippen LogP contribution in [-0.4, -0.2) is 47.0 Å². The molecule has 1 aliphatic rings. The zero-order valence-electron chi connectivity index (χ0n) is 19.6. The number of anilines is 1. The van der Waals surface area contributed by atoms with Crippen LogP contribution in [0.1, 0.15) is 51.9 Å². The number of halogens is 1. The van der Waals surface area contributed by atoms with Crippen molar-refractivity contribution in [2.75, 3.05) is 31.1 Å². The van der Waals surface area contributed by atoms with E-state index in [1.54, 1.807) is 0 Å². The topological polar surface area (TPSA) is 49.3 Å². The number of hydrogen-bond donors (Lipinski definition) is 0. The SMILES string of the molecule is CCc1nc(C)nc(N2CCCN(C(=O)c3ccc(Br)cc3)CC2)c1Cc1ccc(C)cc1. The van der Waals surface area contributed by atoms with E-state index in [9.17, 15) is 4.79 Å². The van der Waals surface area contributed by atoms with Gasteiger partial charge in [0.1, 0.15) is 11.6 Å². The minimum Gasteiger partial charge on any atom is -0.354 e. The molecule has 3 aromatic rings. The molecule has 0 N–H and O–H groups in total. The highest BCUT2D eigenvalue weighted by molar-refractivity contribution is 9.10. The van der Waals surface area contributed by atoms with E-state index in [1.165, 1.54) is 16.7 Å². The molecule has 0 aliphatic carbocycles. The fourth-order valence-electron chi connectivity index (χ4n) is 4.39. The number of carbonyl (C=O) groups excluding carboxylic acids is 1. The van der Waals surface area contributed by atoms with Crippen molar-refractivity contribution in [1.82, 2.24) is 14.9 Å². The number of nitrogens with zero attached hydrogens (tertiary/aromatic N) is 4. The Bertz CT molecular complexity index is 1110. The lowest BCUT2D eigenvalue weighted by atomic mass is 10.0. The van der Waals surface area contributed by atoms with Gasteiger partial charge in [-0.1, -0.05) is 52.7 Å². The predicted molar refractivity (Wildman–Crippen MR) is 137 cm³/mol. The molecule has 2 heterocycles. The molecule has 0 radical (unpaired) electrons. The van der Waals surface area contributed by atoms with Crippen LogP contribution >= 0.6 is 15.9 Å². The summed E-state index contributed by atoms with van der Waals surface area (Å²) < 4.78 is 0.980. The Morgan fingerprint density at radius 1 is 0.939 bits per heavy atom. The Hall–Kier alpha value is -2.73. The van der Waals surface area contributed by atoms with Crippen molar-refractivity contribution < 1.29 is 4.79 Å². The summed E-state index contributed by atoms with van der Waals surface area (Å²) in [7, 11) is 0. The van der Waals surface area contributed by atoms with Gasteiger partial charge in [0, 0.05) is 53.9 Å². The summed E-state index contributed by atoms with van der Waals surface area (Å²) in [4.78, 5) is 27.1. The van der Waals surface area contributed by atoms with Gasteiger partial charge in [0.25, 0.3) is 5.91 Å². The Kier molecular flexibility index (Phi) is 7.43. The van der Waals surface area contributed by atoms with Crippen LogP contribution in [0.4, 0.5) is 5.82 Å². The van der Waals surface area contributed by atoms with Crippen LogP contribution in [0, 0.1) is 13.8 Å². The molecular weight excluding hydrogens is 476 g/mol. The molecule has 6 heteroatoms. The van der Waals surface area contributed by atoms with Gasteiger partial charge in [-0.15, -0.1) is 0 Å². The fourth-order valence-corrected chi connectivity index (χ4v) is 4.65. The molecule has 0 atom stereocenters. The van der Waals surface area contributed by atoms with Gasteiger partial charge in [0.05, 0.1) is 0 Å². The molecule has 33 heavy (non-hydrogen) atoms. The molecule has 1 aromatic heterocycles. The summed E-state index contributed by atoms with van der Waals surface area (Å²) in [6, 6.07) is 16.3. The predicted octanol–water partition coefficient (Wildman–Crippen LogP) is 5.36. The van der Waals surface area contributed by atoms with Crippen LogP contribution in [-0.2, 0) is 12.8 Å². The van der Waals surface area contributed by atoms with E-state index in [1.807, 2.05) is 36.1 Å². The zero-order chi connectivity index (χ0) is 23.4. The van der Waals surface area contributed by atoms with Gasteiger partial charge in [-0.3, -0.25) is 4.79 Å². The van der Waals surface area contributed by atoms with Crippen molar-refractivity contribution in [3.63, 3.8) is 0 Å². The molecular formula is C27H31BrN4O. The highest BCUT2D eigenvalue weighted by Crippen LogP contribution is 2.26. The highest BCUT2D eigenvalue weighted by Gasteiger charge is 2.24. The second kappa shape index (κ2) is 10.5. The summed E-state index contributed by atoms with van der Waals surface area (Å²) in [5, 5.41) is 0. The van der Waals surface area contributed by atoms with Gasteiger partial charge >= 0.3 is 0 Å². The molecule has 0 spiro atoms. The summed E-state index contributed by atoms with van der Waals surface area (Å²) in [5.74, 6) is 1.93. The van der Waals surface area contributed by atoms with Crippen LogP contribution < -0.4 is 4.90 Å². The van der Waals surface area contributed by atoms with Crippen molar-refractivity contribution in [1.29, 1.82) is 0 Å². The fraction of sp³-hybridized carbons (Fsp3) is 0.370. The number of amides is 1. The number of rotatable bonds is 5.